The molecule has 4 aromatic rings. The number of aryl methyl sites for hydroxylation is 1. The highest BCUT2D eigenvalue weighted by Gasteiger charge is 2.51. The van der Waals surface area contributed by atoms with Crippen molar-refractivity contribution < 1.29 is 13.7 Å². The van der Waals surface area contributed by atoms with Crippen molar-refractivity contribution in [3.05, 3.63) is 84.1 Å². The Labute approximate surface area is 283 Å². The topological polar surface area (TPSA) is 59.8 Å². The van der Waals surface area contributed by atoms with Gasteiger partial charge in [0.2, 0.25) is 0 Å². The molecule has 1 N–H and O–H groups in total. The summed E-state index contributed by atoms with van der Waals surface area (Å²) in [6, 6.07) is 26.4. The first-order valence-corrected chi connectivity index (χ1v) is 19.8. The van der Waals surface area contributed by atoms with Gasteiger partial charge in [-0.15, -0.1) is 0 Å². The second-order valence-corrected chi connectivity index (χ2v) is 19.5. The first-order valence-electron chi connectivity index (χ1n) is 17.9. The third-order valence-electron chi connectivity index (χ3n) is 10.5. The smallest absolute Gasteiger partial charge is 0.261 e. The molecule has 0 amide bonds. The molecule has 2 heterocycles. The van der Waals surface area contributed by atoms with Gasteiger partial charge in [-0.3, -0.25) is 0 Å². The summed E-state index contributed by atoms with van der Waals surface area (Å²) in [4.78, 5) is 2.19. The van der Waals surface area contributed by atoms with Crippen LogP contribution >= 0.6 is 0 Å². The van der Waals surface area contributed by atoms with E-state index in [4.69, 9.17) is 13.7 Å². The summed E-state index contributed by atoms with van der Waals surface area (Å²) in [5.41, 5.74) is 3.08. The number of nitrogens with zero attached hydrogens (tertiary/aromatic N) is 2. The van der Waals surface area contributed by atoms with Crippen LogP contribution in [0.15, 0.2) is 77.3 Å². The van der Waals surface area contributed by atoms with Crippen molar-refractivity contribution in [3.63, 3.8) is 0 Å². The van der Waals surface area contributed by atoms with Crippen molar-refractivity contribution in [1.82, 2.24) is 15.4 Å². The van der Waals surface area contributed by atoms with E-state index in [0.29, 0.717) is 12.5 Å². The molecule has 1 aliphatic carbocycles. The van der Waals surface area contributed by atoms with Crippen LogP contribution in [0.4, 0.5) is 0 Å². The summed E-state index contributed by atoms with van der Waals surface area (Å²) in [6.07, 6.45) is 9.24. The zero-order chi connectivity index (χ0) is 32.9. The van der Waals surface area contributed by atoms with E-state index >= 15 is 0 Å². The fraction of sp³-hybridized carbons (Fsp3) is 0.525. The van der Waals surface area contributed by atoms with E-state index in [1.54, 1.807) is 0 Å². The molecule has 6 nitrogen and oxygen atoms in total. The summed E-state index contributed by atoms with van der Waals surface area (Å²) < 4.78 is 20.1. The van der Waals surface area contributed by atoms with Crippen molar-refractivity contribution in [2.24, 2.45) is 11.8 Å². The number of rotatable bonds is 12. The van der Waals surface area contributed by atoms with Crippen molar-refractivity contribution >= 4 is 29.7 Å². The zero-order valence-electron chi connectivity index (χ0n) is 29.3. The third kappa shape index (κ3) is 7.69. The lowest BCUT2D eigenvalue weighted by Gasteiger charge is -2.46. The van der Waals surface area contributed by atoms with Gasteiger partial charge >= 0.3 is 0 Å². The second kappa shape index (κ2) is 15.1. The molecular weight excluding hydrogens is 599 g/mol. The van der Waals surface area contributed by atoms with Crippen LogP contribution in [-0.2, 0) is 17.4 Å². The fourth-order valence-corrected chi connectivity index (χ4v) is 12.7. The number of hydrogen-bond acceptors (Lipinski definition) is 6. The Balaban J connectivity index is 1.13. The standard InChI is InChI=1S/C40H55N3O3Si/c1-40(2,3)47(33-12-8-6-9-13-33,34-14-10-7-11-15-34)46-32-19-16-31(17-20-32)29-44-38-23-21-35-37(22-18-30-24-26-41-27-25-30)42-45-39(35)36(38)28-43(4)5/h6-15,21,23,30-32,41H,16-20,22,24-29H2,1-5H3. The molecule has 252 valence electrons. The summed E-state index contributed by atoms with van der Waals surface area (Å²) in [7, 11) is 1.65. The van der Waals surface area contributed by atoms with Crippen LogP contribution in [0.2, 0.25) is 5.04 Å². The Bertz CT molecular complexity index is 1510. The maximum atomic E-state index is 7.47. The lowest BCUT2D eigenvalue weighted by molar-refractivity contribution is 0.102. The largest absolute Gasteiger partial charge is 0.493 e. The highest BCUT2D eigenvalue weighted by Crippen LogP contribution is 2.40. The molecule has 1 aliphatic heterocycles. The van der Waals surface area contributed by atoms with E-state index in [2.05, 4.69) is 123 Å². The molecule has 0 spiro atoms. The van der Waals surface area contributed by atoms with Gasteiger partial charge in [-0.1, -0.05) is 86.6 Å². The number of ether oxygens (including phenoxy) is 1. The van der Waals surface area contributed by atoms with Crippen LogP contribution in [-0.4, -0.2) is 58.3 Å². The number of piperidine rings is 1. The minimum absolute atomic E-state index is 0.00885. The van der Waals surface area contributed by atoms with Gasteiger partial charge in [0, 0.05) is 18.0 Å². The van der Waals surface area contributed by atoms with Crippen LogP contribution < -0.4 is 20.4 Å². The van der Waals surface area contributed by atoms with E-state index in [1.165, 1.54) is 29.6 Å². The van der Waals surface area contributed by atoms with Crippen molar-refractivity contribution in [3.8, 4) is 5.75 Å². The quantitative estimate of drug-likeness (QED) is 0.162. The molecule has 7 heteroatoms. The molecule has 0 atom stereocenters. The Morgan fingerprint density at radius 3 is 2.06 bits per heavy atom. The molecule has 3 aromatic carbocycles. The van der Waals surface area contributed by atoms with Gasteiger partial charge in [-0.2, -0.15) is 0 Å². The number of hydrogen-bond donors (Lipinski definition) is 1. The molecule has 1 aromatic heterocycles. The van der Waals surface area contributed by atoms with Crippen molar-refractivity contribution in [2.45, 2.75) is 89.8 Å². The van der Waals surface area contributed by atoms with Gasteiger partial charge in [0.15, 0.2) is 5.58 Å². The monoisotopic (exact) mass is 653 g/mol. The maximum absolute atomic E-state index is 7.47. The van der Waals surface area contributed by atoms with Gasteiger partial charge in [0.05, 0.1) is 17.9 Å². The van der Waals surface area contributed by atoms with Gasteiger partial charge in [-0.05, 0) is 118 Å². The van der Waals surface area contributed by atoms with E-state index < -0.39 is 8.32 Å². The number of aromatic nitrogens is 1. The molecule has 0 bridgehead atoms. The van der Waals surface area contributed by atoms with E-state index in [9.17, 15) is 0 Å². The molecule has 0 radical (unpaired) electrons. The molecule has 0 unspecified atom stereocenters. The van der Waals surface area contributed by atoms with Crippen LogP contribution in [0.5, 0.6) is 5.75 Å². The molecule has 1 saturated carbocycles. The predicted molar refractivity (Wildman–Crippen MR) is 195 cm³/mol. The minimum Gasteiger partial charge on any atom is -0.493 e. The number of fused-ring (bicyclic) bond motifs is 1. The lowest BCUT2D eigenvalue weighted by Crippen LogP contribution is -2.67. The highest BCUT2D eigenvalue weighted by atomic mass is 28.4. The van der Waals surface area contributed by atoms with Crippen molar-refractivity contribution in [1.29, 1.82) is 0 Å². The van der Waals surface area contributed by atoms with Gasteiger partial charge in [0.1, 0.15) is 5.75 Å². The summed E-state index contributed by atoms with van der Waals surface area (Å²) in [5, 5.41) is 11.9. The van der Waals surface area contributed by atoms with E-state index in [-0.39, 0.29) is 11.1 Å². The second-order valence-electron chi connectivity index (χ2n) is 15.3. The first-order chi connectivity index (χ1) is 22.7. The average Bonchev–Trinajstić information content (AvgIpc) is 3.50. The predicted octanol–water partition coefficient (Wildman–Crippen LogP) is 7.34. The van der Waals surface area contributed by atoms with Crippen LogP contribution in [0.25, 0.3) is 11.0 Å². The molecule has 47 heavy (non-hydrogen) atoms. The molecule has 2 aliphatic rings. The molecular formula is C40H55N3O3Si. The van der Waals surface area contributed by atoms with Crippen LogP contribution in [0.3, 0.4) is 0 Å². The van der Waals surface area contributed by atoms with Gasteiger partial charge in [0.25, 0.3) is 8.32 Å². The van der Waals surface area contributed by atoms with Gasteiger partial charge < -0.3 is 23.9 Å². The van der Waals surface area contributed by atoms with Gasteiger partial charge in [-0.25, -0.2) is 0 Å². The lowest BCUT2D eigenvalue weighted by atomic mass is 9.88. The maximum Gasteiger partial charge on any atom is 0.261 e. The summed E-state index contributed by atoms with van der Waals surface area (Å²) in [5.74, 6) is 2.21. The van der Waals surface area contributed by atoms with Crippen LogP contribution in [0, 0.1) is 11.8 Å². The SMILES string of the molecule is CN(C)Cc1c(OCC2CCC(O[Si](c3ccccc3)(c3ccccc3)C(C)(C)C)CC2)ccc2c(CCC3CCNCC3)noc12. The van der Waals surface area contributed by atoms with E-state index in [0.717, 1.165) is 85.6 Å². The Morgan fingerprint density at radius 2 is 1.47 bits per heavy atom. The number of benzene rings is 3. The minimum atomic E-state index is -2.55. The number of nitrogens with one attached hydrogen (secondary N) is 1. The van der Waals surface area contributed by atoms with E-state index in [1.807, 2.05) is 0 Å². The molecule has 6 rings (SSSR count). The average molecular weight is 654 g/mol. The summed E-state index contributed by atoms with van der Waals surface area (Å²) >= 11 is 0. The normalized spacial score (nSPS) is 19.8. The Kier molecular flexibility index (Phi) is 10.9. The fourth-order valence-electron chi connectivity index (χ4n) is 7.95. The third-order valence-corrected chi connectivity index (χ3v) is 15.6. The molecule has 1 saturated heterocycles. The van der Waals surface area contributed by atoms with Crippen molar-refractivity contribution in [2.75, 3.05) is 33.8 Å². The Morgan fingerprint density at radius 1 is 0.830 bits per heavy atom. The van der Waals surface area contributed by atoms with Crippen LogP contribution in [0.1, 0.15) is 77.0 Å². The Hall–Kier alpha value is -2.97. The highest BCUT2D eigenvalue weighted by molar-refractivity contribution is 6.99. The first kappa shape index (κ1) is 33.9. The zero-order valence-corrected chi connectivity index (χ0v) is 30.3. The summed E-state index contributed by atoms with van der Waals surface area (Å²) in [6.45, 7) is 10.8. The molecule has 2 fully saturated rings.